The molecule has 2 aromatic carbocycles. The second-order valence-corrected chi connectivity index (χ2v) is 6.53. The fraction of sp³-hybridized carbons (Fsp3) is 0.150. The molecule has 0 saturated heterocycles. The van der Waals surface area contributed by atoms with Gasteiger partial charge >= 0.3 is 0 Å². The van der Waals surface area contributed by atoms with E-state index in [0.29, 0.717) is 27.7 Å². The minimum Gasteiger partial charge on any atom is -0.484 e. The molecule has 0 fully saturated rings. The molecule has 1 amide bonds. The Morgan fingerprint density at radius 3 is 2.71 bits per heavy atom. The zero-order valence-electron chi connectivity index (χ0n) is 15.4. The molecule has 2 N–H and O–H groups in total. The Morgan fingerprint density at radius 2 is 2.00 bits per heavy atom. The number of hydrogen-bond donors (Lipinski definition) is 2. The fourth-order valence-electron chi connectivity index (χ4n) is 2.53. The molecule has 0 spiro atoms. The van der Waals surface area contributed by atoms with Crippen molar-refractivity contribution in [2.45, 2.75) is 13.8 Å². The van der Waals surface area contributed by atoms with E-state index in [2.05, 4.69) is 15.6 Å². The summed E-state index contributed by atoms with van der Waals surface area (Å²) in [5.74, 6) is 0.0914. The third-order valence-corrected chi connectivity index (χ3v) is 4.44. The Balaban J connectivity index is 1.61. The van der Waals surface area contributed by atoms with Crippen molar-refractivity contribution < 1.29 is 9.53 Å². The summed E-state index contributed by atoms with van der Waals surface area (Å²) in [6.07, 6.45) is 1.32. The Hall–Kier alpha value is -3.32. The van der Waals surface area contributed by atoms with Crippen molar-refractivity contribution in [3.8, 4) is 11.4 Å². The maximum absolute atomic E-state index is 12.5. The lowest BCUT2D eigenvalue weighted by molar-refractivity contribution is -0.123. The summed E-state index contributed by atoms with van der Waals surface area (Å²) in [4.78, 5) is 24.4. The van der Waals surface area contributed by atoms with E-state index in [1.54, 1.807) is 25.1 Å². The summed E-state index contributed by atoms with van der Waals surface area (Å²) in [6.45, 7) is 3.40. The molecule has 1 heterocycles. The maximum Gasteiger partial charge on any atom is 0.280 e. The SMILES string of the molecule is Cc1cc(OCC(=O)N/N=C/c2c(C)[nH]n(-c3ccccc3)c2=O)ccc1Cl. The van der Waals surface area contributed by atoms with Crippen LogP contribution in [0.25, 0.3) is 5.69 Å². The summed E-state index contributed by atoms with van der Waals surface area (Å²) in [5, 5.41) is 7.47. The first kappa shape index (κ1) is 19.4. The topological polar surface area (TPSA) is 88.5 Å². The molecule has 0 atom stereocenters. The second kappa shape index (κ2) is 8.58. The number of aromatic amines is 1. The number of nitrogens with zero attached hydrogens (tertiary/aromatic N) is 2. The zero-order chi connectivity index (χ0) is 20.1. The van der Waals surface area contributed by atoms with Gasteiger partial charge in [0, 0.05) is 10.7 Å². The first-order valence-corrected chi connectivity index (χ1v) is 8.91. The van der Waals surface area contributed by atoms with E-state index < -0.39 is 5.91 Å². The van der Waals surface area contributed by atoms with Gasteiger partial charge in [0.25, 0.3) is 11.5 Å². The highest BCUT2D eigenvalue weighted by Crippen LogP contribution is 2.20. The molecule has 3 rings (SSSR count). The normalized spacial score (nSPS) is 11.0. The number of halogens is 1. The van der Waals surface area contributed by atoms with Crippen LogP contribution >= 0.6 is 11.6 Å². The van der Waals surface area contributed by atoms with Gasteiger partial charge < -0.3 is 4.74 Å². The summed E-state index contributed by atoms with van der Waals surface area (Å²) in [7, 11) is 0. The number of amides is 1. The van der Waals surface area contributed by atoms with E-state index in [4.69, 9.17) is 16.3 Å². The molecule has 1 aromatic heterocycles. The number of hydrazone groups is 1. The molecule has 3 aromatic rings. The number of benzene rings is 2. The Morgan fingerprint density at radius 1 is 1.25 bits per heavy atom. The van der Waals surface area contributed by atoms with Crippen LogP contribution in [0, 0.1) is 13.8 Å². The number of para-hydroxylation sites is 1. The van der Waals surface area contributed by atoms with Crippen molar-refractivity contribution in [1.29, 1.82) is 0 Å². The molecule has 0 bridgehead atoms. The molecule has 0 aliphatic carbocycles. The molecule has 0 radical (unpaired) electrons. The molecule has 28 heavy (non-hydrogen) atoms. The average Bonchev–Trinajstić information content (AvgIpc) is 2.98. The Labute approximate surface area is 166 Å². The maximum atomic E-state index is 12.5. The van der Waals surface area contributed by atoms with Gasteiger partial charge in [0.2, 0.25) is 0 Å². The first-order valence-electron chi connectivity index (χ1n) is 8.53. The number of nitrogens with one attached hydrogen (secondary N) is 2. The Kier molecular flexibility index (Phi) is 5.96. The van der Waals surface area contributed by atoms with Crippen LogP contribution in [0.4, 0.5) is 0 Å². The summed E-state index contributed by atoms with van der Waals surface area (Å²) >= 11 is 5.95. The van der Waals surface area contributed by atoms with E-state index in [0.717, 1.165) is 5.56 Å². The lowest BCUT2D eigenvalue weighted by Crippen LogP contribution is -2.25. The number of aryl methyl sites for hydroxylation is 2. The van der Waals surface area contributed by atoms with Crippen molar-refractivity contribution in [2.24, 2.45) is 5.10 Å². The molecule has 0 aliphatic rings. The number of rotatable bonds is 6. The number of ether oxygens (including phenoxy) is 1. The van der Waals surface area contributed by atoms with Crippen molar-refractivity contribution in [2.75, 3.05) is 6.61 Å². The molecular formula is C20H19ClN4O3. The van der Waals surface area contributed by atoms with Gasteiger partial charge in [0.1, 0.15) is 5.75 Å². The van der Waals surface area contributed by atoms with Crippen molar-refractivity contribution in [3.05, 3.63) is 80.7 Å². The highest BCUT2D eigenvalue weighted by atomic mass is 35.5. The summed E-state index contributed by atoms with van der Waals surface area (Å²) in [6, 6.07) is 14.3. The highest BCUT2D eigenvalue weighted by molar-refractivity contribution is 6.31. The third-order valence-electron chi connectivity index (χ3n) is 4.01. The van der Waals surface area contributed by atoms with Crippen molar-refractivity contribution in [3.63, 3.8) is 0 Å². The van der Waals surface area contributed by atoms with E-state index in [1.165, 1.54) is 10.9 Å². The predicted molar refractivity (Wildman–Crippen MR) is 109 cm³/mol. The summed E-state index contributed by atoms with van der Waals surface area (Å²) < 4.78 is 6.82. The van der Waals surface area contributed by atoms with Crippen LogP contribution in [0.2, 0.25) is 5.02 Å². The van der Waals surface area contributed by atoms with Crippen LogP contribution < -0.4 is 15.7 Å². The molecule has 0 saturated carbocycles. The molecule has 0 unspecified atom stereocenters. The van der Waals surface area contributed by atoms with Crippen LogP contribution in [-0.4, -0.2) is 28.5 Å². The van der Waals surface area contributed by atoms with Gasteiger partial charge in [0.15, 0.2) is 6.61 Å². The van der Waals surface area contributed by atoms with E-state index in [9.17, 15) is 9.59 Å². The van der Waals surface area contributed by atoms with Crippen LogP contribution in [0.3, 0.4) is 0 Å². The Bertz CT molecular complexity index is 1070. The van der Waals surface area contributed by atoms with Crippen molar-refractivity contribution in [1.82, 2.24) is 15.2 Å². The van der Waals surface area contributed by atoms with E-state index in [1.807, 2.05) is 37.3 Å². The third kappa shape index (κ3) is 4.50. The number of carbonyl (C=O) groups excluding carboxylic acids is 1. The summed E-state index contributed by atoms with van der Waals surface area (Å²) in [5.41, 5.74) is 4.66. The van der Waals surface area contributed by atoms with Gasteiger partial charge in [-0.1, -0.05) is 29.8 Å². The zero-order valence-corrected chi connectivity index (χ0v) is 16.2. The van der Waals surface area contributed by atoms with Gasteiger partial charge in [-0.05, 0) is 49.7 Å². The molecule has 144 valence electrons. The van der Waals surface area contributed by atoms with Crippen LogP contribution in [0.1, 0.15) is 16.8 Å². The van der Waals surface area contributed by atoms with Gasteiger partial charge in [-0.2, -0.15) is 5.10 Å². The monoisotopic (exact) mass is 398 g/mol. The average molecular weight is 399 g/mol. The predicted octanol–water partition coefficient (Wildman–Crippen LogP) is 2.96. The van der Waals surface area contributed by atoms with Gasteiger partial charge in [0.05, 0.1) is 17.5 Å². The van der Waals surface area contributed by atoms with Crippen LogP contribution in [0.15, 0.2) is 58.4 Å². The van der Waals surface area contributed by atoms with Crippen LogP contribution in [0.5, 0.6) is 5.75 Å². The molecule has 8 heteroatoms. The smallest absolute Gasteiger partial charge is 0.280 e. The number of aromatic nitrogens is 2. The van der Waals surface area contributed by atoms with E-state index >= 15 is 0 Å². The fourth-order valence-corrected chi connectivity index (χ4v) is 2.64. The second-order valence-electron chi connectivity index (χ2n) is 6.12. The van der Waals surface area contributed by atoms with Crippen LogP contribution in [-0.2, 0) is 4.79 Å². The number of H-pyrrole nitrogens is 1. The number of carbonyl (C=O) groups is 1. The van der Waals surface area contributed by atoms with Gasteiger partial charge in [-0.3, -0.25) is 14.7 Å². The molecular weight excluding hydrogens is 380 g/mol. The first-order chi connectivity index (χ1) is 13.5. The van der Waals surface area contributed by atoms with E-state index in [-0.39, 0.29) is 12.2 Å². The largest absolute Gasteiger partial charge is 0.484 e. The quantitative estimate of drug-likeness (QED) is 0.494. The van der Waals surface area contributed by atoms with Gasteiger partial charge in [-0.15, -0.1) is 0 Å². The molecule has 0 aliphatic heterocycles. The standard InChI is InChI=1S/C20H19ClN4O3/c1-13-10-16(8-9-18(13)21)28-12-19(26)23-22-11-17-14(2)24-25(20(17)27)15-6-4-3-5-7-15/h3-11,24H,12H2,1-2H3,(H,23,26)/b22-11+. The van der Waals surface area contributed by atoms with Crippen molar-refractivity contribution >= 4 is 23.7 Å². The lowest BCUT2D eigenvalue weighted by Gasteiger charge is -2.06. The van der Waals surface area contributed by atoms with Gasteiger partial charge in [-0.25, -0.2) is 10.1 Å². The minimum absolute atomic E-state index is 0.210. The number of hydrogen-bond acceptors (Lipinski definition) is 4. The molecule has 7 nitrogen and oxygen atoms in total. The lowest BCUT2D eigenvalue weighted by atomic mass is 10.2. The highest BCUT2D eigenvalue weighted by Gasteiger charge is 2.10. The minimum atomic E-state index is -0.444.